The molecule has 0 amide bonds. The van der Waals surface area contributed by atoms with Gasteiger partial charge in [0.1, 0.15) is 0 Å². The van der Waals surface area contributed by atoms with Crippen molar-refractivity contribution in [3.05, 3.63) is 56.2 Å². The molecule has 0 aliphatic heterocycles. The van der Waals surface area contributed by atoms with Crippen molar-refractivity contribution < 1.29 is 0 Å². The summed E-state index contributed by atoms with van der Waals surface area (Å²) in [7, 11) is 0. The van der Waals surface area contributed by atoms with Crippen molar-refractivity contribution in [2.45, 2.75) is 38.6 Å². The molecule has 0 aliphatic carbocycles. The zero-order valence-corrected chi connectivity index (χ0v) is 14.0. The van der Waals surface area contributed by atoms with Crippen LogP contribution in [-0.4, -0.2) is 0 Å². The van der Waals surface area contributed by atoms with Gasteiger partial charge < -0.3 is 5.73 Å². The Morgan fingerprint density at radius 3 is 2.32 bits per heavy atom. The van der Waals surface area contributed by atoms with Crippen molar-refractivity contribution in [3.8, 4) is 0 Å². The van der Waals surface area contributed by atoms with Crippen LogP contribution in [0.25, 0.3) is 0 Å². The molecule has 3 heteroatoms. The number of benzene rings is 1. The largest absolute Gasteiger partial charge is 0.324 e. The number of hydrogen-bond donors (Lipinski definition) is 1. The Balaban J connectivity index is 2.09. The van der Waals surface area contributed by atoms with Crippen LogP contribution in [0.3, 0.4) is 0 Å². The molecule has 0 fully saturated rings. The Kier molecular flexibility index (Phi) is 4.49. The minimum Gasteiger partial charge on any atom is -0.324 e. The highest BCUT2D eigenvalue weighted by atomic mass is 79.9. The first-order valence-corrected chi connectivity index (χ1v) is 8.12. The summed E-state index contributed by atoms with van der Waals surface area (Å²) in [6, 6.07) is 10.9. The van der Waals surface area contributed by atoms with Gasteiger partial charge in [-0.3, -0.25) is 0 Å². The highest BCUT2D eigenvalue weighted by Gasteiger charge is 2.14. The number of rotatable bonds is 3. The molecule has 0 bridgehead atoms. The van der Waals surface area contributed by atoms with Gasteiger partial charge in [-0.2, -0.15) is 0 Å². The van der Waals surface area contributed by atoms with Gasteiger partial charge in [-0.15, -0.1) is 11.3 Å². The molecule has 1 aromatic heterocycles. The summed E-state index contributed by atoms with van der Waals surface area (Å²) >= 11 is 5.23. The standard InChI is InChI=1S/C16H20BrNS/c1-16(2,3)12-6-4-11(5-7-12)15(18)9-14-8-13(17)10-19-14/h4-8,10,15H,9,18H2,1-3H3. The van der Waals surface area contributed by atoms with Crippen LogP contribution in [0.2, 0.25) is 0 Å². The van der Waals surface area contributed by atoms with Crippen LogP contribution < -0.4 is 5.73 Å². The van der Waals surface area contributed by atoms with Crippen molar-refractivity contribution in [1.82, 2.24) is 0 Å². The molecule has 2 rings (SSSR count). The average molecular weight is 338 g/mol. The van der Waals surface area contributed by atoms with Crippen LogP contribution in [-0.2, 0) is 11.8 Å². The third-order valence-corrected chi connectivity index (χ3v) is 4.97. The Bertz CT molecular complexity index is 537. The number of nitrogens with two attached hydrogens (primary N) is 1. The summed E-state index contributed by atoms with van der Waals surface area (Å²) < 4.78 is 1.14. The topological polar surface area (TPSA) is 26.0 Å². The van der Waals surface area contributed by atoms with Crippen LogP contribution in [0.4, 0.5) is 0 Å². The molecule has 1 aromatic carbocycles. The molecule has 2 aromatic rings. The summed E-state index contributed by atoms with van der Waals surface area (Å²) in [5, 5.41) is 2.10. The summed E-state index contributed by atoms with van der Waals surface area (Å²) in [5.74, 6) is 0. The lowest BCUT2D eigenvalue weighted by molar-refractivity contribution is 0.589. The molecule has 1 heterocycles. The molecular weight excluding hydrogens is 318 g/mol. The second kappa shape index (κ2) is 5.78. The maximum Gasteiger partial charge on any atom is 0.0343 e. The predicted molar refractivity (Wildman–Crippen MR) is 87.8 cm³/mol. The zero-order valence-electron chi connectivity index (χ0n) is 11.6. The molecule has 19 heavy (non-hydrogen) atoms. The number of thiophene rings is 1. The lowest BCUT2D eigenvalue weighted by Crippen LogP contribution is -2.14. The Labute approximate surface area is 128 Å². The van der Waals surface area contributed by atoms with Gasteiger partial charge in [0, 0.05) is 27.2 Å². The Hall–Kier alpha value is -0.640. The van der Waals surface area contributed by atoms with Crippen LogP contribution >= 0.6 is 27.3 Å². The lowest BCUT2D eigenvalue weighted by atomic mass is 9.86. The lowest BCUT2D eigenvalue weighted by Gasteiger charge is -2.20. The molecule has 2 N–H and O–H groups in total. The fraction of sp³-hybridized carbons (Fsp3) is 0.375. The molecule has 102 valence electrons. The summed E-state index contributed by atoms with van der Waals surface area (Å²) in [6.07, 6.45) is 0.894. The first-order chi connectivity index (χ1) is 8.86. The number of hydrogen-bond acceptors (Lipinski definition) is 2. The van der Waals surface area contributed by atoms with E-state index >= 15 is 0 Å². The van der Waals surface area contributed by atoms with Gasteiger partial charge in [-0.1, -0.05) is 45.0 Å². The van der Waals surface area contributed by atoms with Gasteiger partial charge >= 0.3 is 0 Å². The van der Waals surface area contributed by atoms with Crippen LogP contribution in [0, 0.1) is 0 Å². The number of halogens is 1. The SMILES string of the molecule is CC(C)(C)c1ccc(C(N)Cc2cc(Br)cs2)cc1. The monoisotopic (exact) mass is 337 g/mol. The molecule has 1 atom stereocenters. The average Bonchev–Trinajstić information content (AvgIpc) is 2.74. The van der Waals surface area contributed by atoms with E-state index in [2.05, 4.69) is 72.4 Å². The van der Waals surface area contributed by atoms with E-state index in [0.29, 0.717) is 0 Å². The minimum atomic E-state index is 0.0690. The van der Waals surface area contributed by atoms with E-state index < -0.39 is 0 Å². The van der Waals surface area contributed by atoms with E-state index in [1.54, 1.807) is 11.3 Å². The van der Waals surface area contributed by atoms with E-state index in [1.807, 2.05) is 0 Å². The fourth-order valence-electron chi connectivity index (χ4n) is 2.03. The third-order valence-electron chi connectivity index (χ3n) is 3.25. The highest BCUT2D eigenvalue weighted by molar-refractivity contribution is 9.10. The van der Waals surface area contributed by atoms with Crippen LogP contribution in [0.5, 0.6) is 0 Å². The Morgan fingerprint density at radius 2 is 1.84 bits per heavy atom. The van der Waals surface area contributed by atoms with Gasteiger partial charge in [0.05, 0.1) is 0 Å². The maximum atomic E-state index is 6.29. The van der Waals surface area contributed by atoms with E-state index in [-0.39, 0.29) is 11.5 Å². The summed E-state index contributed by atoms with van der Waals surface area (Å²) in [5.41, 5.74) is 9.04. The van der Waals surface area contributed by atoms with E-state index in [9.17, 15) is 0 Å². The van der Waals surface area contributed by atoms with E-state index in [0.717, 1.165) is 10.9 Å². The molecule has 0 spiro atoms. The third kappa shape index (κ3) is 3.91. The quantitative estimate of drug-likeness (QED) is 0.833. The summed E-state index contributed by atoms with van der Waals surface area (Å²) in [4.78, 5) is 1.32. The van der Waals surface area contributed by atoms with Gasteiger partial charge in [0.2, 0.25) is 0 Å². The molecule has 0 saturated heterocycles. The van der Waals surface area contributed by atoms with Crippen molar-refractivity contribution in [1.29, 1.82) is 0 Å². The first kappa shape index (κ1) is 14.8. The van der Waals surface area contributed by atoms with Crippen molar-refractivity contribution in [3.63, 3.8) is 0 Å². The van der Waals surface area contributed by atoms with Gasteiger partial charge in [0.25, 0.3) is 0 Å². The smallest absolute Gasteiger partial charge is 0.0343 e. The molecule has 0 radical (unpaired) electrons. The van der Waals surface area contributed by atoms with Crippen LogP contribution in [0.15, 0.2) is 40.2 Å². The Morgan fingerprint density at radius 1 is 1.21 bits per heavy atom. The van der Waals surface area contributed by atoms with Gasteiger partial charge in [-0.25, -0.2) is 0 Å². The molecule has 1 nitrogen and oxygen atoms in total. The first-order valence-electron chi connectivity index (χ1n) is 6.45. The fourth-order valence-corrected chi connectivity index (χ4v) is 3.54. The predicted octanol–water partition coefficient (Wildman–Crippen LogP) is 5.05. The summed E-state index contributed by atoms with van der Waals surface area (Å²) in [6.45, 7) is 6.68. The molecule has 0 aliphatic rings. The normalized spacial score (nSPS) is 13.5. The van der Waals surface area contributed by atoms with Gasteiger partial charge in [0.15, 0.2) is 0 Å². The van der Waals surface area contributed by atoms with E-state index in [4.69, 9.17) is 5.73 Å². The zero-order chi connectivity index (χ0) is 14.0. The maximum absolute atomic E-state index is 6.29. The molecule has 1 unspecified atom stereocenters. The second-order valence-corrected chi connectivity index (χ2v) is 7.83. The molecule has 0 saturated carbocycles. The molecular formula is C16H20BrNS. The van der Waals surface area contributed by atoms with Crippen molar-refractivity contribution in [2.75, 3.05) is 0 Å². The highest BCUT2D eigenvalue weighted by Crippen LogP contribution is 2.26. The van der Waals surface area contributed by atoms with Gasteiger partial charge in [-0.05, 0) is 38.5 Å². The van der Waals surface area contributed by atoms with Crippen LogP contribution in [0.1, 0.15) is 42.8 Å². The van der Waals surface area contributed by atoms with Crippen molar-refractivity contribution in [2.24, 2.45) is 5.73 Å². The minimum absolute atomic E-state index is 0.0690. The second-order valence-electron chi connectivity index (χ2n) is 5.91. The van der Waals surface area contributed by atoms with E-state index in [1.165, 1.54) is 16.0 Å². The van der Waals surface area contributed by atoms with Crippen molar-refractivity contribution >= 4 is 27.3 Å².